The molecule has 11 nitrogen and oxygen atoms in total. The lowest BCUT2D eigenvalue weighted by Crippen LogP contribution is -2.44. The van der Waals surface area contributed by atoms with E-state index in [4.69, 9.17) is 33.2 Å². The Morgan fingerprint density at radius 2 is 1.24 bits per heavy atom. The fourth-order valence-electron chi connectivity index (χ4n) is 7.11. The van der Waals surface area contributed by atoms with Crippen LogP contribution in [0, 0.1) is 0 Å². The van der Waals surface area contributed by atoms with Crippen LogP contribution in [0.1, 0.15) is 30.9 Å². The normalized spacial score (nSPS) is 13.2. The molecule has 0 spiro atoms. The second-order valence-electron chi connectivity index (χ2n) is 13.0. The van der Waals surface area contributed by atoms with Gasteiger partial charge in [0.05, 0.1) is 55.0 Å². The second kappa shape index (κ2) is 17.9. The first-order chi connectivity index (χ1) is 26.4. The summed E-state index contributed by atoms with van der Waals surface area (Å²) in [6.07, 6.45) is 7.72. The van der Waals surface area contributed by atoms with E-state index in [2.05, 4.69) is 62.2 Å². The fourth-order valence-corrected chi connectivity index (χ4v) is 7.11. The molecule has 1 saturated heterocycles. The van der Waals surface area contributed by atoms with Crippen molar-refractivity contribution < 1.29 is 33.2 Å². The minimum absolute atomic E-state index is 0.330. The van der Waals surface area contributed by atoms with E-state index in [0.29, 0.717) is 53.7 Å². The summed E-state index contributed by atoms with van der Waals surface area (Å²) < 4.78 is 39.3. The van der Waals surface area contributed by atoms with Crippen molar-refractivity contribution >= 4 is 5.69 Å². The summed E-state index contributed by atoms with van der Waals surface area (Å²) in [5.74, 6) is 4.39. The van der Waals surface area contributed by atoms with Crippen LogP contribution in [-0.2, 0) is 13.1 Å². The van der Waals surface area contributed by atoms with E-state index < -0.39 is 0 Å². The van der Waals surface area contributed by atoms with E-state index in [1.54, 1.807) is 42.7 Å². The van der Waals surface area contributed by atoms with Gasteiger partial charge in [0.15, 0.2) is 23.0 Å². The average Bonchev–Trinajstić information content (AvgIpc) is 3.22. The Hall–Kier alpha value is -5.68. The van der Waals surface area contributed by atoms with E-state index in [1.807, 2.05) is 49.8 Å². The highest BCUT2D eigenvalue weighted by Crippen LogP contribution is 2.42. The van der Waals surface area contributed by atoms with Gasteiger partial charge in [-0.1, -0.05) is 0 Å². The Labute approximate surface area is 318 Å². The van der Waals surface area contributed by atoms with Gasteiger partial charge in [0.25, 0.3) is 0 Å². The lowest BCUT2D eigenvalue weighted by atomic mass is 9.99. The molecule has 3 aromatic carbocycles. The Morgan fingerprint density at radius 3 is 1.80 bits per heavy atom. The number of hydrogen-bond acceptors (Lipinski definition) is 11. The number of anilines is 1. The van der Waals surface area contributed by atoms with Crippen LogP contribution in [0.25, 0.3) is 22.4 Å². The van der Waals surface area contributed by atoms with E-state index >= 15 is 0 Å². The van der Waals surface area contributed by atoms with E-state index in [-0.39, 0.29) is 0 Å². The van der Waals surface area contributed by atoms with Crippen molar-refractivity contribution in [3.05, 3.63) is 96.4 Å². The summed E-state index contributed by atoms with van der Waals surface area (Å²) in [6.45, 7) is 6.08. The Bertz CT molecular complexity index is 1950. The highest BCUT2D eigenvalue weighted by atomic mass is 16.5. The quantitative estimate of drug-likeness (QED) is 0.0989. The molecule has 0 saturated carbocycles. The van der Waals surface area contributed by atoms with Crippen molar-refractivity contribution in [2.24, 2.45) is 0 Å². The summed E-state index contributed by atoms with van der Waals surface area (Å²) in [4.78, 5) is 14.4. The van der Waals surface area contributed by atoms with Gasteiger partial charge in [0, 0.05) is 67.6 Å². The van der Waals surface area contributed by atoms with Crippen molar-refractivity contribution in [1.29, 1.82) is 0 Å². The van der Waals surface area contributed by atoms with Gasteiger partial charge in [-0.15, -0.1) is 0 Å². The number of methoxy groups -OCH3 is 6. The van der Waals surface area contributed by atoms with E-state index in [0.717, 1.165) is 71.9 Å². The summed E-state index contributed by atoms with van der Waals surface area (Å²) >= 11 is 0. The Kier molecular flexibility index (Phi) is 12.6. The number of aromatic nitrogens is 2. The number of benzene rings is 3. The van der Waals surface area contributed by atoms with Gasteiger partial charge in [0.2, 0.25) is 11.5 Å². The molecular weight excluding hydrogens is 684 g/mol. The first-order valence-electron chi connectivity index (χ1n) is 18.1. The number of piperidine rings is 1. The molecule has 0 unspecified atom stereocenters. The van der Waals surface area contributed by atoms with Gasteiger partial charge < -0.3 is 38.1 Å². The lowest BCUT2D eigenvalue weighted by molar-refractivity contribution is 0.201. The Balaban J connectivity index is 1.20. The Morgan fingerprint density at radius 1 is 0.648 bits per heavy atom. The molecule has 6 rings (SSSR count). The number of ether oxygens (including phenoxy) is 7. The van der Waals surface area contributed by atoms with E-state index in [9.17, 15) is 0 Å². The summed E-state index contributed by atoms with van der Waals surface area (Å²) in [6, 6.07) is 23.0. The molecule has 11 heteroatoms. The van der Waals surface area contributed by atoms with Crippen molar-refractivity contribution in [2.75, 3.05) is 67.3 Å². The third-order valence-corrected chi connectivity index (χ3v) is 9.81. The smallest absolute Gasteiger partial charge is 0.203 e. The molecule has 0 aliphatic carbocycles. The SMILES string of the molecule is CCOc1ccc(N(Cc2cncc(-c3cc(OC)c(OC)c(OC)c3)c2)C2CCN(Cc3ccnc(-c4cc(OC)c(OC)c(OC)c4)c3)CC2)cc1. The molecule has 0 radical (unpaired) electrons. The molecule has 3 heterocycles. The van der Waals surface area contributed by atoms with Crippen molar-refractivity contribution in [3.8, 4) is 62.6 Å². The minimum atomic E-state index is 0.330. The maximum Gasteiger partial charge on any atom is 0.203 e. The fraction of sp³-hybridized carbons (Fsp3) is 0.349. The standard InChI is InChI=1S/C43H50N4O7/c1-8-54-36-11-9-34(10-12-36)47(28-30-19-33(26-44-25-30)31-21-38(48-2)42(52-6)39(22-31)49-3)35-14-17-46(18-15-35)27-29-13-16-45-37(20-29)32-23-40(50-4)43(53-7)41(24-32)51-5/h9-13,16,19-26,35H,8,14-15,17-18,27-28H2,1-7H3. The summed E-state index contributed by atoms with van der Waals surface area (Å²) in [5.41, 5.74) is 7.12. The van der Waals surface area contributed by atoms with Crippen molar-refractivity contribution in [2.45, 2.75) is 38.9 Å². The van der Waals surface area contributed by atoms with Crippen molar-refractivity contribution in [1.82, 2.24) is 14.9 Å². The third-order valence-electron chi connectivity index (χ3n) is 9.81. The molecule has 284 valence electrons. The van der Waals surface area contributed by atoms with Gasteiger partial charge in [-0.2, -0.15) is 0 Å². The molecule has 54 heavy (non-hydrogen) atoms. The zero-order chi connectivity index (χ0) is 38.0. The maximum atomic E-state index is 5.78. The largest absolute Gasteiger partial charge is 0.494 e. The van der Waals surface area contributed by atoms with Crippen LogP contribution in [0.3, 0.4) is 0 Å². The van der Waals surface area contributed by atoms with Gasteiger partial charge in [0.1, 0.15) is 5.75 Å². The summed E-state index contributed by atoms with van der Waals surface area (Å²) in [7, 11) is 9.71. The molecule has 0 N–H and O–H groups in total. The number of likely N-dealkylation sites (tertiary alicyclic amines) is 1. The number of rotatable bonds is 16. The molecule has 1 fully saturated rings. The monoisotopic (exact) mass is 734 g/mol. The highest BCUT2D eigenvalue weighted by Gasteiger charge is 2.26. The molecule has 5 aromatic rings. The van der Waals surface area contributed by atoms with Crippen LogP contribution in [0.5, 0.6) is 40.2 Å². The predicted molar refractivity (Wildman–Crippen MR) is 211 cm³/mol. The van der Waals surface area contributed by atoms with Crippen molar-refractivity contribution in [3.63, 3.8) is 0 Å². The zero-order valence-electron chi connectivity index (χ0n) is 32.3. The van der Waals surface area contributed by atoms with Crippen LogP contribution < -0.4 is 38.1 Å². The zero-order valence-corrected chi connectivity index (χ0v) is 32.3. The minimum Gasteiger partial charge on any atom is -0.494 e. The van der Waals surface area contributed by atoms with Gasteiger partial charge in [-0.05, 0) is 103 Å². The molecule has 0 atom stereocenters. The summed E-state index contributed by atoms with van der Waals surface area (Å²) in [5, 5.41) is 0. The first kappa shape index (κ1) is 38.1. The predicted octanol–water partition coefficient (Wildman–Crippen LogP) is 7.93. The van der Waals surface area contributed by atoms with Crippen LogP contribution in [0.15, 0.2) is 85.3 Å². The van der Waals surface area contributed by atoms with Crippen LogP contribution in [0.4, 0.5) is 5.69 Å². The van der Waals surface area contributed by atoms with Crippen LogP contribution in [0.2, 0.25) is 0 Å². The van der Waals surface area contributed by atoms with Crippen LogP contribution in [-0.4, -0.2) is 83.3 Å². The number of hydrogen-bond donors (Lipinski definition) is 0. The van der Waals surface area contributed by atoms with Gasteiger partial charge in [-0.25, -0.2) is 0 Å². The first-order valence-corrected chi connectivity index (χ1v) is 18.1. The molecular formula is C43H50N4O7. The average molecular weight is 735 g/mol. The number of nitrogens with zero attached hydrogens (tertiary/aromatic N) is 4. The van der Waals surface area contributed by atoms with Gasteiger partial charge >= 0.3 is 0 Å². The second-order valence-corrected chi connectivity index (χ2v) is 13.0. The van der Waals surface area contributed by atoms with E-state index in [1.165, 1.54) is 5.56 Å². The molecule has 0 amide bonds. The lowest BCUT2D eigenvalue weighted by Gasteiger charge is -2.40. The maximum absolute atomic E-state index is 5.78. The topological polar surface area (TPSA) is 96.9 Å². The molecule has 1 aliphatic rings. The molecule has 1 aliphatic heterocycles. The molecule has 2 aromatic heterocycles. The third kappa shape index (κ3) is 8.58. The van der Waals surface area contributed by atoms with Crippen LogP contribution >= 0.6 is 0 Å². The number of pyridine rings is 2. The highest BCUT2D eigenvalue weighted by molar-refractivity contribution is 5.71. The van der Waals surface area contributed by atoms with Gasteiger partial charge in [-0.3, -0.25) is 14.9 Å². The molecule has 0 bridgehead atoms.